The second-order valence-corrected chi connectivity index (χ2v) is 7.49. The SMILES string of the molecule is OCC1OC(C#Cc2cc(-c3ccc4nccn4c3)cc3cn[nH]c23)C(O)C(O)[C@@H]1O. The van der Waals surface area contributed by atoms with Gasteiger partial charge in [0.05, 0.1) is 23.9 Å². The largest absolute Gasteiger partial charge is 0.394 e. The van der Waals surface area contributed by atoms with Crippen LogP contribution in [-0.4, -0.2) is 77.1 Å². The number of nitrogens with one attached hydrogen (secondary N) is 1. The van der Waals surface area contributed by atoms with Crippen molar-refractivity contribution in [1.29, 1.82) is 0 Å². The van der Waals surface area contributed by atoms with E-state index < -0.39 is 37.1 Å². The van der Waals surface area contributed by atoms with E-state index in [4.69, 9.17) is 4.74 Å². The number of benzene rings is 1. The Bertz CT molecular complexity index is 1300. The Labute approximate surface area is 176 Å². The number of ether oxygens (including phenoxy) is 1. The Balaban J connectivity index is 1.54. The van der Waals surface area contributed by atoms with Crippen LogP contribution in [0, 0.1) is 11.8 Å². The minimum Gasteiger partial charge on any atom is -0.394 e. The number of imidazole rings is 1. The van der Waals surface area contributed by atoms with Crippen LogP contribution < -0.4 is 0 Å². The molecule has 1 saturated heterocycles. The number of aliphatic hydroxyl groups excluding tert-OH is 4. The van der Waals surface area contributed by atoms with Gasteiger partial charge in [-0.15, -0.1) is 0 Å². The summed E-state index contributed by atoms with van der Waals surface area (Å²) in [7, 11) is 0. The highest BCUT2D eigenvalue weighted by Crippen LogP contribution is 2.27. The molecule has 0 amide bonds. The Morgan fingerprint density at radius 3 is 2.81 bits per heavy atom. The van der Waals surface area contributed by atoms with E-state index in [1.807, 2.05) is 41.1 Å². The Hall–Kier alpha value is -3.26. The van der Waals surface area contributed by atoms with Gasteiger partial charge in [-0.2, -0.15) is 5.10 Å². The van der Waals surface area contributed by atoms with Gasteiger partial charge >= 0.3 is 0 Å². The van der Waals surface area contributed by atoms with Crippen LogP contribution in [-0.2, 0) is 4.74 Å². The van der Waals surface area contributed by atoms with Crippen molar-refractivity contribution < 1.29 is 25.2 Å². The summed E-state index contributed by atoms with van der Waals surface area (Å²) in [6.07, 6.45) is 0.910. The van der Waals surface area contributed by atoms with Crippen molar-refractivity contribution in [2.24, 2.45) is 0 Å². The van der Waals surface area contributed by atoms with Crippen LogP contribution in [0.25, 0.3) is 27.7 Å². The second-order valence-electron chi connectivity index (χ2n) is 7.49. The summed E-state index contributed by atoms with van der Waals surface area (Å²) in [5.41, 5.74) is 4.08. The van der Waals surface area contributed by atoms with Crippen LogP contribution in [0.15, 0.2) is 49.1 Å². The van der Waals surface area contributed by atoms with Crippen molar-refractivity contribution in [1.82, 2.24) is 19.6 Å². The molecule has 5 atom stereocenters. The van der Waals surface area contributed by atoms with E-state index in [-0.39, 0.29) is 0 Å². The molecule has 158 valence electrons. The topological polar surface area (TPSA) is 136 Å². The Kier molecular flexibility index (Phi) is 4.94. The van der Waals surface area contributed by atoms with E-state index in [0.717, 1.165) is 27.7 Å². The molecule has 4 aromatic rings. The maximum Gasteiger partial charge on any atom is 0.147 e. The molecule has 9 heteroatoms. The number of pyridine rings is 1. The molecule has 3 aromatic heterocycles. The fraction of sp³-hybridized carbons (Fsp3) is 0.273. The monoisotopic (exact) mass is 420 g/mol. The van der Waals surface area contributed by atoms with Crippen molar-refractivity contribution in [3.63, 3.8) is 0 Å². The molecular weight excluding hydrogens is 400 g/mol. The van der Waals surface area contributed by atoms with E-state index >= 15 is 0 Å². The van der Waals surface area contributed by atoms with Gasteiger partial charge in [0.2, 0.25) is 0 Å². The third kappa shape index (κ3) is 3.46. The molecule has 0 radical (unpaired) electrons. The lowest BCUT2D eigenvalue weighted by Crippen LogP contribution is -2.58. The van der Waals surface area contributed by atoms with Crippen molar-refractivity contribution in [2.75, 3.05) is 6.61 Å². The highest BCUT2D eigenvalue weighted by atomic mass is 16.5. The van der Waals surface area contributed by atoms with Crippen LogP contribution in [0.3, 0.4) is 0 Å². The van der Waals surface area contributed by atoms with E-state index in [1.165, 1.54) is 0 Å². The number of aliphatic hydroxyl groups is 4. The van der Waals surface area contributed by atoms with E-state index in [2.05, 4.69) is 27.0 Å². The molecule has 0 aliphatic carbocycles. The van der Waals surface area contributed by atoms with Gasteiger partial charge in [0, 0.05) is 24.0 Å². The van der Waals surface area contributed by atoms with Crippen LogP contribution in [0.4, 0.5) is 0 Å². The number of hydrogen-bond acceptors (Lipinski definition) is 7. The average Bonchev–Trinajstić information content (AvgIpc) is 3.45. The molecular formula is C22H20N4O5. The van der Waals surface area contributed by atoms with Crippen LogP contribution in [0.2, 0.25) is 0 Å². The number of aromatic amines is 1. The average molecular weight is 420 g/mol. The maximum atomic E-state index is 10.2. The van der Waals surface area contributed by atoms with Gasteiger partial charge in [-0.25, -0.2) is 4.98 Å². The molecule has 4 unspecified atom stereocenters. The lowest BCUT2D eigenvalue weighted by atomic mass is 9.95. The lowest BCUT2D eigenvalue weighted by molar-refractivity contribution is -0.214. The summed E-state index contributed by atoms with van der Waals surface area (Å²) < 4.78 is 7.41. The fourth-order valence-electron chi connectivity index (χ4n) is 3.78. The van der Waals surface area contributed by atoms with Gasteiger partial charge in [0.25, 0.3) is 0 Å². The second kappa shape index (κ2) is 7.77. The first-order valence-corrected chi connectivity index (χ1v) is 9.77. The van der Waals surface area contributed by atoms with Crippen LogP contribution in [0.1, 0.15) is 5.56 Å². The number of nitrogens with zero attached hydrogens (tertiary/aromatic N) is 3. The van der Waals surface area contributed by atoms with Gasteiger partial charge in [-0.05, 0) is 35.4 Å². The molecule has 1 fully saturated rings. The number of fused-ring (bicyclic) bond motifs is 2. The van der Waals surface area contributed by atoms with Crippen molar-refractivity contribution in [3.05, 3.63) is 54.6 Å². The maximum absolute atomic E-state index is 10.2. The summed E-state index contributed by atoms with van der Waals surface area (Å²) in [5, 5.41) is 47.4. The molecule has 0 spiro atoms. The molecule has 5 N–H and O–H groups in total. The van der Waals surface area contributed by atoms with Gasteiger partial charge in [-0.3, -0.25) is 5.10 Å². The van der Waals surface area contributed by atoms with Crippen LogP contribution >= 0.6 is 0 Å². The highest BCUT2D eigenvalue weighted by Gasteiger charge is 2.42. The van der Waals surface area contributed by atoms with Gasteiger partial charge < -0.3 is 29.6 Å². The number of hydrogen-bond donors (Lipinski definition) is 5. The van der Waals surface area contributed by atoms with Crippen LogP contribution in [0.5, 0.6) is 0 Å². The molecule has 5 rings (SSSR count). The molecule has 9 nitrogen and oxygen atoms in total. The quantitative estimate of drug-likeness (QED) is 0.290. The predicted molar refractivity (Wildman–Crippen MR) is 111 cm³/mol. The number of rotatable bonds is 2. The van der Waals surface area contributed by atoms with Crippen molar-refractivity contribution in [2.45, 2.75) is 30.5 Å². The first-order chi connectivity index (χ1) is 15.0. The smallest absolute Gasteiger partial charge is 0.147 e. The summed E-state index contributed by atoms with van der Waals surface area (Å²) in [4.78, 5) is 4.26. The standard InChI is InChI=1S/C22H20N4O5/c27-11-17-21(29)22(30)20(28)16(31-17)3-1-12-7-14(8-15-9-24-25-19(12)15)13-2-4-18-23-5-6-26(18)10-13/h2,4-10,16-17,20-22,27-30H,11H2,(H,24,25)/t16?,17?,20?,21-,22?/m1/s1. The summed E-state index contributed by atoms with van der Waals surface area (Å²) in [6.45, 7) is -0.500. The van der Waals surface area contributed by atoms with Crippen molar-refractivity contribution in [3.8, 4) is 23.0 Å². The van der Waals surface area contributed by atoms with Gasteiger partial charge in [0.15, 0.2) is 0 Å². The summed E-state index contributed by atoms with van der Waals surface area (Å²) in [6, 6.07) is 7.79. The molecule has 0 saturated carbocycles. The molecule has 4 heterocycles. The fourth-order valence-corrected chi connectivity index (χ4v) is 3.78. The first kappa shape index (κ1) is 19.7. The lowest BCUT2D eigenvalue weighted by Gasteiger charge is -2.37. The third-order valence-corrected chi connectivity index (χ3v) is 5.51. The summed E-state index contributed by atoms with van der Waals surface area (Å²) >= 11 is 0. The molecule has 1 aliphatic heterocycles. The van der Waals surface area contributed by atoms with E-state index in [9.17, 15) is 20.4 Å². The zero-order valence-electron chi connectivity index (χ0n) is 16.3. The molecule has 31 heavy (non-hydrogen) atoms. The van der Waals surface area contributed by atoms with Gasteiger partial charge in [-0.1, -0.05) is 11.8 Å². The minimum atomic E-state index is -1.47. The third-order valence-electron chi connectivity index (χ3n) is 5.51. The first-order valence-electron chi connectivity index (χ1n) is 9.77. The number of aromatic nitrogens is 4. The zero-order chi connectivity index (χ0) is 21.5. The molecule has 1 aromatic carbocycles. The Morgan fingerprint density at radius 2 is 1.97 bits per heavy atom. The molecule has 0 bridgehead atoms. The number of H-pyrrole nitrogens is 1. The Morgan fingerprint density at radius 1 is 1.10 bits per heavy atom. The van der Waals surface area contributed by atoms with Gasteiger partial charge in [0.1, 0.15) is 36.2 Å². The zero-order valence-corrected chi connectivity index (χ0v) is 16.3. The van der Waals surface area contributed by atoms with E-state index in [1.54, 1.807) is 12.4 Å². The molecule has 1 aliphatic rings. The highest BCUT2D eigenvalue weighted by molar-refractivity contribution is 5.89. The normalized spacial score (nSPS) is 26.1. The predicted octanol–water partition coefficient (Wildman–Crippen LogP) is 0.0715. The van der Waals surface area contributed by atoms with E-state index in [0.29, 0.717) is 5.56 Å². The minimum absolute atomic E-state index is 0.500. The van der Waals surface area contributed by atoms with Crippen molar-refractivity contribution >= 4 is 16.6 Å². The summed E-state index contributed by atoms with van der Waals surface area (Å²) in [5.74, 6) is 5.82.